The molecule has 0 radical (unpaired) electrons. The fourth-order valence-electron chi connectivity index (χ4n) is 3.51. The van der Waals surface area contributed by atoms with Gasteiger partial charge in [-0.2, -0.15) is 0 Å². The molecule has 0 spiro atoms. The second-order valence-corrected chi connectivity index (χ2v) is 7.06. The second kappa shape index (κ2) is 8.56. The molecule has 3 rings (SSSR count). The number of Topliss-reactive ketones (excluding diaryl/α,β-unsaturated/α-hetero) is 1. The van der Waals surface area contributed by atoms with Crippen molar-refractivity contribution in [2.24, 2.45) is 5.92 Å². The molecule has 1 saturated heterocycles. The zero-order valence-electron chi connectivity index (χ0n) is 15.2. The SMILES string of the molecule is COc1ccc(OC)c(CN2CCC[C@H](C(=O)c3ccc(Cl)cc3)C2)c1. The number of benzene rings is 2. The van der Waals surface area contributed by atoms with Crippen LogP contribution in [-0.4, -0.2) is 38.0 Å². The number of hydrogen-bond acceptors (Lipinski definition) is 4. The van der Waals surface area contributed by atoms with Crippen molar-refractivity contribution in [3.63, 3.8) is 0 Å². The Morgan fingerprint density at radius 3 is 2.62 bits per heavy atom. The van der Waals surface area contributed by atoms with Gasteiger partial charge in [-0.1, -0.05) is 11.6 Å². The van der Waals surface area contributed by atoms with E-state index < -0.39 is 0 Å². The van der Waals surface area contributed by atoms with Crippen molar-refractivity contribution in [3.8, 4) is 11.5 Å². The van der Waals surface area contributed by atoms with Crippen LogP contribution in [0, 0.1) is 5.92 Å². The lowest BCUT2D eigenvalue weighted by atomic mass is 9.90. The Hall–Kier alpha value is -2.04. The number of carbonyl (C=O) groups excluding carboxylic acids is 1. The third kappa shape index (κ3) is 4.37. The lowest BCUT2D eigenvalue weighted by Gasteiger charge is -2.32. The minimum absolute atomic E-state index is 0.0153. The molecule has 0 aliphatic carbocycles. The molecule has 26 heavy (non-hydrogen) atoms. The molecule has 0 unspecified atom stereocenters. The van der Waals surface area contributed by atoms with Crippen LogP contribution in [0.3, 0.4) is 0 Å². The number of methoxy groups -OCH3 is 2. The predicted octanol–water partition coefficient (Wildman–Crippen LogP) is 4.45. The topological polar surface area (TPSA) is 38.8 Å². The number of carbonyl (C=O) groups is 1. The lowest BCUT2D eigenvalue weighted by molar-refractivity contribution is 0.0810. The van der Waals surface area contributed by atoms with Gasteiger partial charge in [0.05, 0.1) is 14.2 Å². The van der Waals surface area contributed by atoms with Crippen LogP contribution in [0.4, 0.5) is 0 Å². The Balaban J connectivity index is 1.71. The molecule has 138 valence electrons. The van der Waals surface area contributed by atoms with Crippen LogP contribution >= 0.6 is 11.6 Å². The molecule has 1 fully saturated rings. The average molecular weight is 374 g/mol. The zero-order valence-corrected chi connectivity index (χ0v) is 16.0. The molecule has 4 nitrogen and oxygen atoms in total. The predicted molar refractivity (Wildman–Crippen MR) is 103 cm³/mol. The third-order valence-electron chi connectivity index (χ3n) is 4.89. The van der Waals surface area contributed by atoms with Gasteiger partial charge in [0.1, 0.15) is 11.5 Å². The quantitative estimate of drug-likeness (QED) is 0.701. The van der Waals surface area contributed by atoms with Crippen molar-refractivity contribution in [2.45, 2.75) is 19.4 Å². The summed E-state index contributed by atoms with van der Waals surface area (Å²) in [7, 11) is 3.33. The molecule has 5 heteroatoms. The number of rotatable bonds is 6. The fraction of sp³-hybridized carbons (Fsp3) is 0.381. The first kappa shape index (κ1) is 18.7. The minimum Gasteiger partial charge on any atom is -0.497 e. The van der Waals surface area contributed by atoms with E-state index in [9.17, 15) is 4.79 Å². The van der Waals surface area contributed by atoms with E-state index in [1.54, 1.807) is 26.4 Å². The third-order valence-corrected chi connectivity index (χ3v) is 5.14. The molecule has 0 N–H and O–H groups in total. The first-order valence-corrected chi connectivity index (χ1v) is 9.21. The molecule has 0 aromatic heterocycles. The van der Waals surface area contributed by atoms with Crippen LogP contribution in [0.2, 0.25) is 5.02 Å². The van der Waals surface area contributed by atoms with Crippen LogP contribution in [0.25, 0.3) is 0 Å². The van der Waals surface area contributed by atoms with Gasteiger partial charge >= 0.3 is 0 Å². The highest BCUT2D eigenvalue weighted by molar-refractivity contribution is 6.30. The second-order valence-electron chi connectivity index (χ2n) is 6.62. The number of ether oxygens (including phenoxy) is 2. The maximum Gasteiger partial charge on any atom is 0.167 e. The largest absolute Gasteiger partial charge is 0.497 e. The van der Waals surface area contributed by atoms with E-state index in [1.165, 1.54) is 0 Å². The Labute approximate surface area is 159 Å². The smallest absolute Gasteiger partial charge is 0.167 e. The molecule has 0 saturated carbocycles. The van der Waals surface area contributed by atoms with E-state index in [0.717, 1.165) is 55.1 Å². The molecule has 2 aromatic rings. The highest BCUT2D eigenvalue weighted by Gasteiger charge is 2.27. The van der Waals surface area contributed by atoms with Gasteiger partial charge in [0.15, 0.2) is 5.78 Å². The number of likely N-dealkylation sites (tertiary alicyclic amines) is 1. The zero-order chi connectivity index (χ0) is 18.5. The summed E-state index contributed by atoms with van der Waals surface area (Å²) in [6.07, 6.45) is 1.93. The van der Waals surface area contributed by atoms with Gasteiger partial charge in [-0.25, -0.2) is 0 Å². The van der Waals surface area contributed by atoms with Crippen molar-refractivity contribution in [1.29, 1.82) is 0 Å². The van der Waals surface area contributed by atoms with Gasteiger partial charge in [-0.15, -0.1) is 0 Å². The van der Waals surface area contributed by atoms with Crippen molar-refractivity contribution in [3.05, 3.63) is 58.6 Å². The highest BCUT2D eigenvalue weighted by atomic mass is 35.5. The van der Waals surface area contributed by atoms with E-state index in [-0.39, 0.29) is 11.7 Å². The molecule has 2 aromatic carbocycles. The first-order valence-electron chi connectivity index (χ1n) is 8.83. The van der Waals surface area contributed by atoms with Gasteiger partial charge in [0.2, 0.25) is 0 Å². The summed E-state index contributed by atoms with van der Waals surface area (Å²) in [5.74, 6) is 1.87. The van der Waals surface area contributed by atoms with Gasteiger partial charge in [0, 0.05) is 35.2 Å². The fourth-order valence-corrected chi connectivity index (χ4v) is 3.64. The lowest BCUT2D eigenvalue weighted by Crippen LogP contribution is -2.38. The monoisotopic (exact) mass is 373 g/mol. The van der Waals surface area contributed by atoms with Crippen LogP contribution in [0.5, 0.6) is 11.5 Å². The molecule has 1 aliphatic heterocycles. The number of halogens is 1. The van der Waals surface area contributed by atoms with E-state index >= 15 is 0 Å². The number of nitrogens with zero attached hydrogens (tertiary/aromatic N) is 1. The summed E-state index contributed by atoms with van der Waals surface area (Å²) in [6, 6.07) is 13.0. The summed E-state index contributed by atoms with van der Waals surface area (Å²) >= 11 is 5.93. The number of ketones is 1. The standard InChI is InChI=1S/C21H24ClNO3/c1-25-19-9-10-20(26-2)17(12-19)14-23-11-3-4-16(13-23)21(24)15-5-7-18(22)8-6-15/h5-10,12,16H,3-4,11,13-14H2,1-2H3/t16-/m0/s1. The Kier molecular flexibility index (Phi) is 6.17. The molecule has 1 atom stereocenters. The van der Waals surface area contributed by atoms with Crippen LogP contribution < -0.4 is 9.47 Å². The molecule has 1 aliphatic rings. The minimum atomic E-state index is 0.0153. The first-order chi connectivity index (χ1) is 12.6. The summed E-state index contributed by atoms with van der Waals surface area (Å²) < 4.78 is 10.8. The summed E-state index contributed by atoms with van der Waals surface area (Å²) in [4.78, 5) is 15.1. The van der Waals surface area contributed by atoms with Crippen LogP contribution in [0.15, 0.2) is 42.5 Å². The van der Waals surface area contributed by atoms with Gasteiger partial charge in [-0.05, 0) is 61.9 Å². The van der Waals surface area contributed by atoms with Crippen molar-refractivity contribution >= 4 is 17.4 Å². The van der Waals surface area contributed by atoms with E-state index in [1.807, 2.05) is 30.3 Å². The Morgan fingerprint density at radius 1 is 1.15 bits per heavy atom. The summed E-state index contributed by atoms with van der Waals surface area (Å²) in [5, 5.41) is 0.650. The summed E-state index contributed by atoms with van der Waals surface area (Å²) in [5.41, 5.74) is 1.81. The van der Waals surface area contributed by atoms with Crippen molar-refractivity contribution in [1.82, 2.24) is 4.90 Å². The molecule has 0 amide bonds. The van der Waals surface area contributed by atoms with Gasteiger partial charge < -0.3 is 9.47 Å². The normalized spacial score (nSPS) is 17.7. The van der Waals surface area contributed by atoms with Crippen molar-refractivity contribution in [2.75, 3.05) is 27.3 Å². The maximum atomic E-state index is 12.8. The molecular weight excluding hydrogens is 350 g/mol. The van der Waals surface area contributed by atoms with Crippen molar-refractivity contribution < 1.29 is 14.3 Å². The highest BCUT2D eigenvalue weighted by Crippen LogP contribution is 2.28. The average Bonchev–Trinajstić information content (AvgIpc) is 2.68. The van der Waals surface area contributed by atoms with Gasteiger partial charge in [-0.3, -0.25) is 9.69 Å². The molecule has 1 heterocycles. The van der Waals surface area contributed by atoms with E-state index in [4.69, 9.17) is 21.1 Å². The number of hydrogen-bond donors (Lipinski definition) is 0. The summed E-state index contributed by atoms with van der Waals surface area (Å²) in [6.45, 7) is 2.47. The van der Waals surface area contributed by atoms with Crippen LogP contribution in [0.1, 0.15) is 28.8 Å². The van der Waals surface area contributed by atoms with E-state index in [2.05, 4.69) is 4.90 Å². The van der Waals surface area contributed by atoms with Crippen LogP contribution in [-0.2, 0) is 6.54 Å². The maximum absolute atomic E-state index is 12.8. The molecule has 0 bridgehead atoms. The number of piperidine rings is 1. The molecular formula is C21H24ClNO3. The Morgan fingerprint density at radius 2 is 1.92 bits per heavy atom. The van der Waals surface area contributed by atoms with Gasteiger partial charge in [0.25, 0.3) is 0 Å². The van der Waals surface area contributed by atoms with E-state index in [0.29, 0.717) is 5.02 Å². The Bertz CT molecular complexity index is 760.